The van der Waals surface area contributed by atoms with Crippen molar-refractivity contribution in [2.75, 3.05) is 0 Å². The maximum atomic E-state index is 5.22. The molecule has 0 unspecified atom stereocenters. The summed E-state index contributed by atoms with van der Waals surface area (Å²) in [5, 5.41) is 0. The molecule has 0 fully saturated rings. The highest BCUT2D eigenvalue weighted by molar-refractivity contribution is 4.82. The van der Waals surface area contributed by atoms with Crippen LogP contribution in [-0.2, 0) is 0 Å². The Kier molecular flexibility index (Phi) is 21.8. The fourth-order valence-electron chi connectivity index (χ4n) is 2.35. The van der Waals surface area contributed by atoms with Gasteiger partial charge in [-0.2, -0.15) is 0 Å². The number of terminal acetylenes is 1. The normalized spacial score (nSPS) is 9.89. The molecule has 0 spiro atoms. The second-order valence-electron chi connectivity index (χ2n) is 5.40. The van der Waals surface area contributed by atoms with Gasteiger partial charge in [-0.1, -0.05) is 90.4 Å². The summed E-state index contributed by atoms with van der Waals surface area (Å²) in [5.41, 5.74) is 0. The molecule has 113 valence electrons. The molecule has 0 atom stereocenters. The van der Waals surface area contributed by atoms with Gasteiger partial charge in [-0.15, -0.1) is 12.3 Å². The van der Waals surface area contributed by atoms with Gasteiger partial charge in [0.25, 0.3) is 0 Å². The first kappa shape index (κ1) is 20.8. The van der Waals surface area contributed by atoms with Crippen LogP contribution in [0.15, 0.2) is 0 Å². The van der Waals surface area contributed by atoms with Gasteiger partial charge in [0.1, 0.15) is 0 Å². The Labute approximate surface area is 122 Å². The summed E-state index contributed by atoms with van der Waals surface area (Å²) in [5.74, 6) is 2.71. The van der Waals surface area contributed by atoms with E-state index in [1.54, 1.807) is 0 Å². The minimum absolute atomic E-state index is 0. The first-order valence-electron chi connectivity index (χ1n) is 8.14. The zero-order valence-electron chi connectivity index (χ0n) is 13.1. The van der Waals surface area contributed by atoms with Gasteiger partial charge >= 0.3 is 0 Å². The van der Waals surface area contributed by atoms with Gasteiger partial charge in [-0.05, 0) is 6.42 Å². The van der Waals surface area contributed by atoms with Crippen LogP contribution < -0.4 is 6.15 Å². The highest BCUT2D eigenvalue weighted by Crippen LogP contribution is 2.13. The van der Waals surface area contributed by atoms with Crippen molar-refractivity contribution in [3.63, 3.8) is 0 Å². The number of hydrogen-bond acceptors (Lipinski definition) is 1. The lowest BCUT2D eigenvalue weighted by molar-refractivity contribution is 0.538. The average molecular weight is 266 g/mol. The van der Waals surface area contributed by atoms with Crippen molar-refractivity contribution in [1.29, 1.82) is 0 Å². The van der Waals surface area contributed by atoms with E-state index in [0.717, 1.165) is 12.8 Å². The summed E-state index contributed by atoms with van der Waals surface area (Å²) < 4.78 is 0. The Morgan fingerprint density at radius 2 is 0.895 bits per heavy atom. The predicted molar refractivity (Wildman–Crippen MR) is 88.5 cm³/mol. The SMILES string of the molecule is C#CCCCCCCCCCCCCCCC[CH2].N. The molecule has 0 aromatic carbocycles. The minimum atomic E-state index is 0. The molecule has 0 aliphatic heterocycles. The van der Waals surface area contributed by atoms with Gasteiger partial charge in [0.05, 0.1) is 0 Å². The van der Waals surface area contributed by atoms with Crippen LogP contribution in [0.25, 0.3) is 0 Å². The highest BCUT2D eigenvalue weighted by atomic mass is 14.0. The van der Waals surface area contributed by atoms with E-state index in [4.69, 9.17) is 6.42 Å². The van der Waals surface area contributed by atoms with Gasteiger partial charge in [0, 0.05) is 6.42 Å². The van der Waals surface area contributed by atoms with E-state index in [9.17, 15) is 0 Å². The van der Waals surface area contributed by atoms with Crippen LogP contribution >= 0.6 is 0 Å². The maximum absolute atomic E-state index is 5.22. The van der Waals surface area contributed by atoms with Crippen LogP contribution in [0.4, 0.5) is 0 Å². The molecule has 1 heteroatoms. The molecule has 19 heavy (non-hydrogen) atoms. The van der Waals surface area contributed by atoms with Crippen LogP contribution in [0.3, 0.4) is 0 Å². The minimum Gasteiger partial charge on any atom is -0.344 e. The molecule has 3 N–H and O–H groups in total. The Hall–Kier alpha value is -0.480. The fraction of sp³-hybridized carbons (Fsp3) is 0.833. The quantitative estimate of drug-likeness (QED) is 0.284. The summed E-state index contributed by atoms with van der Waals surface area (Å²) in [6.45, 7) is 3.88. The third-order valence-electron chi connectivity index (χ3n) is 3.57. The topological polar surface area (TPSA) is 35.0 Å². The third-order valence-corrected chi connectivity index (χ3v) is 3.57. The van der Waals surface area contributed by atoms with Crippen molar-refractivity contribution in [1.82, 2.24) is 6.15 Å². The highest BCUT2D eigenvalue weighted by Gasteiger charge is 1.93. The Bertz CT molecular complexity index is 181. The standard InChI is InChI=1S/C18H33.H3N/c1-3-5-7-9-11-13-15-17-18-16-14-12-10-8-6-4-2;/h1H,2,4-18H2;1H3. The van der Waals surface area contributed by atoms with Crippen molar-refractivity contribution < 1.29 is 0 Å². The maximum Gasteiger partial charge on any atom is 0.00860 e. The second-order valence-corrected chi connectivity index (χ2v) is 5.40. The Morgan fingerprint density at radius 3 is 1.21 bits per heavy atom. The molecular weight excluding hydrogens is 230 g/mol. The lowest BCUT2D eigenvalue weighted by Crippen LogP contribution is -1.83. The largest absolute Gasteiger partial charge is 0.344 e. The van der Waals surface area contributed by atoms with E-state index in [2.05, 4.69) is 12.8 Å². The Morgan fingerprint density at radius 1 is 0.579 bits per heavy atom. The van der Waals surface area contributed by atoms with Crippen molar-refractivity contribution in [3.05, 3.63) is 6.92 Å². The third kappa shape index (κ3) is 20.0. The molecular formula is C18H36N. The van der Waals surface area contributed by atoms with E-state index in [1.807, 2.05) is 0 Å². The lowest BCUT2D eigenvalue weighted by Gasteiger charge is -2.02. The zero-order chi connectivity index (χ0) is 13.3. The van der Waals surface area contributed by atoms with Crippen LogP contribution in [0.1, 0.15) is 96.3 Å². The molecule has 0 aromatic rings. The molecule has 0 bridgehead atoms. The van der Waals surface area contributed by atoms with Crippen LogP contribution in [-0.4, -0.2) is 0 Å². The van der Waals surface area contributed by atoms with E-state index >= 15 is 0 Å². The first-order valence-corrected chi connectivity index (χ1v) is 8.14. The second kappa shape index (κ2) is 19.9. The molecule has 0 saturated carbocycles. The molecule has 0 rings (SSSR count). The molecule has 0 aliphatic carbocycles. The van der Waals surface area contributed by atoms with Crippen LogP contribution in [0.2, 0.25) is 0 Å². The lowest BCUT2D eigenvalue weighted by atomic mass is 10.0. The van der Waals surface area contributed by atoms with E-state index in [-0.39, 0.29) is 6.15 Å². The monoisotopic (exact) mass is 266 g/mol. The van der Waals surface area contributed by atoms with Gasteiger partial charge in [-0.25, -0.2) is 0 Å². The molecule has 1 radical (unpaired) electrons. The first-order chi connectivity index (χ1) is 8.91. The molecule has 0 aromatic heterocycles. The smallest absolute Gasteiger partial charge is 0.00860 e. The summed E-state index contributed by atoms with van der Waals surface area (Å²) in [7, 11) is 0. The van der Waals surface area contributed by atoms with Crippen molar-refractivity contribution in [3.8, 4) is 12.3 Å². The van der Waals surface area contributed by atoms with E-state index < -0.39 is 0 Å². The molecule has 0 heterocycles. The van der Waals surface area contributed by atoms with Gasteiger partial charge < -0.3 is 6.15 Å². The van der Waals surface area contributed by atoms with Crippen molar-refractivity contribution >= 4 is 0 Å². The van der Waals surface area contributed by atoms with Crippen LogP contribution in [0, 0.1) is 19.3 Å². The number of hydrogen-bond donors (Lipinski definition) is 1. The van der Waals surface area contributed by atoms with Crippen molar-refractivity contribution in [2.24, 2.45) is 0 Å². The van der Waals surface area contributed by atoms with E-state index in [0.29, 0.717) is 0 Å². The summed E-state index contributed by atoms with van der Waals surface area (Å²) in [4.78, 5) is 0. The number of unbranched alkanes of at least 4 members (excludes halogenated alkanes) is 14. The predicted octanol–water partition coefficient (Wildman–Crippen LogP) is 6.47. The van der Waals surface area contributed by atoms with E-state index in [1.165, 1.54) is 83.5 Å². The molecule has 1 nitrogen and oxygen atoms in total. The Balaban J connectivity index is 0. The van der Waals surface area contributed by atoms with Gasteiger partial charge in [0.15, 0.2) is 0 Å². The van der Waals surface area contributed by atoms with Crippen molar-refractivity contribution in [2.45, 2.75) is 96.3 Å². The fourth-order valence-corrected chi connectivity index (χ4v) is 2.35. The molecule has 0 amide bonds. The summed E-state index contributed by atoms with van der Waals surface area (Å²) in [6, 6.07) is 0. The van der Waals surface area contributed by atoms with Gasteiger partial charge in [-0.3, -0.25) is 0 Å². The zero-order valence-corrected chi connectivity index (χ0v) is 13.1. The van der Waals surface area contributed by atoms with Gasteiger partial charge in [0.2, 0.25) is 0 Å². The molecule has 0 saturated heterocycles. The summed E-state index contributed by atoms with van der Waals surface area (Å²) in [6.07, 6.45) is 25.4. The van der Waals surface area contributed by atoms with Crippen LogP contribution in [0.5, 0.6) is 0 Å². The number of rotatable bonds is 14. The summed E-state index contributed by atoms with van der Waals surface area (Å²) >= 11 is 0. The average Bonchev–Trinajstić information content (AvgIpc) is 2.39. The molecule has 0 aliphatic rings.